The topological polar surface area (TPSA) is 9.23 Å². The van der Waals surface area contributed by atoms with Crippen molar-refractivity contribution in [2.45, 2.75) is 11.6 Å². The van der Waals surface area contributed by atoms with Crippen LogP contribution in [0.2, 0.25) is 0 Å². The lowest BCUT2D eigenvalue weighted by Crippen LogP contribution is -2.18. The summed E-state index contributed by atoms with van der Waals surface area (Å²) in [7, 11) is 0. The van der Waals surface area contributed by atoms with E-state index in [0.717, 1.165) is 5.56 Å². The van der Waals surface area contributed by atoms with Crippen molar-refractivity contribution in [2.24, 2.45) is 0 Å². The van der Waals surface area contributed by atoms with Crippen molar-refractivity contribution in [3.8, 4) is 0 Å². The summed E-state index contributed by atoms with van der Waals surface area (Å²) in [5.41, 5.74) is 0.751. The second-order valence-corrected chi connectivity index (χ2v) is 3.54. The van der Waals surface area contributed by atoms with Gasteiger partial charge in [-0.1, -0.05) is 30.3 Å². The van der Waals surface area contributed by atoms with Gasteiger partial charge in [0.05, 0.1) is 12.0 Å². The molecule has 1 atom stereocenters. The first kappa shape index (κ1) is 12.3. The fourth-order valence-corrected chi connectivity index (χ4v) is 1.27. The van der Waals surface area contributed by atoms with Gasteiger partial charge in [-0.15, -0.1) is 11.6 Å². The molecule has 0 aliphatic rings. The molecule has 0 aliphatic heterocycles. The van der Waals surface area contributed by atoms with Crippen LogP contribution in [0.5, 0.6) is 0 Å². The van der Waals surface area contributed by atoms with Crippen molar-refractivity contribution in [2.75, 3.05) is 13.2 Å². The van der Waals surface area contributed by atoms with Gasteiger partial charge in [-0.2, -0.15) is 13.2 Å². The Morgan fingerprint density at radius 2 is 1.80 bits per heavy atom. The van der Waals surface area contributed by atoms with Gasteiger partial charge in [-0.3, -0.25) is 0 Å². The van der Waals surface area contributed by atoms with Crippen LogP contribution in [0.4, 0.5) is 13.2 Å². The van der Waals surface area contributed by atoms with Crippen LogP contribution >= 0.6 is 11.6 Å². The van der Waals surface area contributed by atoms with Gasteiger partial charge in [0.2, 0.25) is 0 Å². The summed E-state index contributed by atoms with van der Waals surface area (Å²) in [4.78, 5) is 0. The number of benzene rings is 1. The van der Waals surface area contributed by atoms with E-state index in [1.54, 1.807) is 24.3 Å². The zero-order valence-corrected chi connectivity index (χ0v) is 8.55. The van der Waals surface area contributed by atoms with Crippen molar-refractivity contribution in [3.63, 3.8) is 0 Å². The molecular weight excluding hydrogens is 229 g/mol. The highest BCUT2D eigenvalue weighted by Gasteiger charge is 2.27. The van der Waals surface area contributed by atoms with E-state index < -0.39 is 18.2 Å². The van der Waals surface area contributed by atoms with Crippen molar-refractivity contribution in [1.29, 1.82) is 0 Å². The first-order chi connectivity index (χ1) is 6.99. The third-order valence-corrected chi connectivity index (χ3v) is 2.07. The maximum atomic E-state index is 11.7. The van der Waals surface area contributed by atoms with Gasteiger partial charge in [0.25, 0.3) is 0 Å². The molecule has 0 spiro atoms. The second-order valence-electron chi connectivity index (χ2n) is 3.01. The number of ether oxygens (including phenoxy) is 1. The third kappa shape index (κ3) is 5.04. The minimum atomic E-state index is -4.30. The molecule has 0 saturated heterocycles. The van der Waals surface area contributed by atoms with Gasteiger partial charge in [-0.25, -0.2) is 0 Å². The summed E-state index contributed by atoms with van der Waals surface area (Å²) < 4.78 is 39.7. The highest BCUT2D eigenvalue weighted by molar-refractivity contribution is 6.20. The van der Waals surface area contributed by atoms with Crippen molar-refractivity contribution in [1.82, 2.24) is 0 Å². The molecule has 0 radical (unpaired) electrons. The molecule has 0 fully saturated rings. The number of hydrogen-bond donors (Lipinski definition) is 0. The summed E-state index contributed by atoms with van der Waals surface area (Å²) in [6.45, 7) is -1.41. The normalized spacial score (nSPS) is 13.9. The van der Waals surface area contributed by atoms with E-state index in [1.165, 1.54) is 0 Å². The molecule has 1 aromatic rings. The van der Waals surface area contributed by atoms with Crippen LogP contribution in [0.1, 0.15) is 10.9 Å². The average molecular weight is 239 g/mol. The van der Waals surface area contributed by atoms with E-state index in [-0.39, 0.29) is 6.61 Å². The molecule has 0 N–H and O–H groups in total. The SMILES string of the molecule is FC(F)(F)COCC(Cl)c1ccccc1. The Morgan fingerprint density at radius 1 is 1.20 bits per heavy atom. The van der Waals surface area contributed by atoms with Crippen molar-refractivity contribution in [3.05, 3.63) is 35.9 Å². The molecule has 0 aliphatic carbocycles. The molecule has 84 valence electrons. The Kier molecular flexibility index (Phi) is 4.42. The van der Waals surface area contributed by atoms with Crippen molar-refractivity contribution < 1.29 is 17.9 Å². The van der Waals surface area contributed by atoms with Crippen LogP contribution in [-0.2, 0) is 4.74 Å². The maximum absolute atomic E-state index is 11.7. The summed E-state index contributed by atoms with van der Waals surface area (Å²) in [6.07, 6.45) is -4.30. The molecule has 1 aromatic carbocycles. The lowest BCUT2D eigenvalue weighted by molar-refractivity contribution is -0.173. The van der Waals surface area contributed by atoms with Gasteiger partial charge in [0.15, 0.2) is 0 Å². The van der Waals surface area contributed by atoms with Crippen LogP contribution in [0, 0.1) is 0 Å². The van der Waals surface area contributed by atoms with Crippen LogP contribution < -0.4 is 0 Å². The highest BCUT2D eigenvalue weighted by atomic mass is 35.5. The Morgan fingerprint density at radius 3 is 2.33 bits per heavy atom. The lowest BCUT2D eigenvalue weighted by Gasteiger charge is -2.11. The van der Waals surface area contributed by atoms with E-state index in [0.29, 0.717) is 0 Å². The molecule has 0 heterocycles. The summed E-state index contributed by atoms with van der Waals surface area (Å²) in [5, 5.41) is -0.548. The van der Waals surface area contributed by atoms with Gasteiger partial charge in [0.1, 0.15) is 6.61 Å². The fraction of sp³-hybridized carbons (Fsp3) is 0.400. The van der Waals surface area contributed by atoms with Gasteiger partial charge >= 0.3 is 6.18 Å². The quantitative estimate of drug-likeness (QED) is 0.729. The molecular formula is C10H10ClF3O. The Balaban J connectivity index is 2.34. The first-order valence-corrected chi connectivity index (χ1v) is 4.76. The lowest BCUT2D eigenvalue weighted by atomic mass is 10.2. The Hall–Kier alpha value is -0.740. The molecule has 0 bridgehead atoms. The molecule has 1 nitrogen and oxygen atoms in total. The zero-order valence-electron chi connectivity index (χ0n) is 7.80. The van der Waals surface area contributed by atoms with Gasteiger partial charge in [0, 0.05) is 0 Å². The van der Waals surface area contributed by atoms with Gasteiger partial charge < -0.3 is 4.74 Å². The van der Waals surface area contributed by atoms with Crippen LogP contribution in [0.3, 0.4) is 0 Å². The first-order valence-electron chi connectivity index (χ1n) is 4.32. The number of hydrogen-bond acceptors (Lipinski definition) is 1. The second kappa shape index (κ2) is 5.37. The van der Waals surface area contributed by atoms with Crippen LogP contribution in [0.25, 0.3) is 0 Å². The molecule has 0 amide bonds. The predicted molar refractivity (Wildman–Crippen MR) is 51.9 cm³/mol. The monoisotopic (exact) mass is 238 g/mol. The Labute approximate surface area is 90.8 Å². The van der Waals surface area contributed by atoms with E-state index in [9.17, 15) is 13.2 Å². The molecule has 1 rings (SSSR count). The minimum Gasteiger partial charge on any atom is -0.370 e. The number of rotatable bonds is 4. The third-order valence-electron chi connectivity index (χ3n) is 1.69. The standard InChI is InChI=1S/C10H10ClF3O/c11-9(6-15-7-10(12,13)14)8-4-2-1-3-5-8/h1-5,9H,6-7H2. The minimum absolute atomic E-state index is 0.148. The summed E-state index contributed by atoms with van der Waals surface area (Å²) in [5.74, 6) is 0. The molecule has 5 heteroatoms. The fourth-order valence-electron chi connectivity index (χ4n) is 1.04. The van der Waals surface area contributed by atoms with Gasteiger partial charge in [-0.05, 0) is 5.56 Å². The predicted octanol–water partition coefficient (Wildman–Crippen LogP) is 3.55. The molecule has 1 unspecified atom stereocenters. The Bertz CT molecular complexity index is 286. The summed E-state index contributed by atoms with van der Waals surface area (Å²) >= 11 is 5.84. The number of alkyl halides is 4. The number of halogens is 4. The van der Waals surface area contributed by atoms with E-state index in [2.05, 4.69) is 4.74 Å². The van der Waals surface area contributed by atoms with Crippen LogP contribution in [0.15, 0.2) is 30.3 Å². The van der Waals surface area contributed by atoms with E-state index in [1.807, 2.05) is 6.07 Å². The zero-order chi connectivity index (χ0) is 11.3. The molecule has 0 saturated carbocycles. The largest absolute Gasteiger partial charge is 0.411 e. The van der Waals surface area contributed by atoms with E-state index in [4.69, 9.17) is 11.6 Å². The average Bonchev–Trinajstić information content (AvgIpc) is 2.17. The molecule has 0 aromatic heterocycles. The smallest absolute Gasteiger partial charge is 0.370 e. The molecule has 15 heavy (non-hydrogen) atoms. The van der Waals surface area contributed by atoms with E-state index >= 15 is 0 Å². The highest BCUT2D eigenvalue weighted by Crippen LogP contribution is 2.21. The van der Waals surface area contributed by atoms with Crippen molar-refractivity contribution >= 4 is 11.6 Å². The van der Waals surface area contributed by atoms with Crippen LogP contribution in [-0.4, -0.2) is 19.4 Å². The maximum Gasteiger partial charge on any atom is 0.411 e. The summed E-state index contributed by atoms with van der Waals surface area (Å²) in [6, 6.07) is 8.84.